The number of anilines is 2. The molecule has 2 aromatic heterocycles. The normalized spacial score (nSPS) is 14.7. The van der Waals surface area contributed by atoms with Gasteiger partial charge in [-0.2, -0.15) is 0 Å². The van der Waals surface area contributed by atoms with E-state index in [2.05, 4.69) is 53.6 Å². The van der Waals surface area contributed by atoms with Crippen LogP contribution in [0.2, 0.25) is 0 Å². The van der Waals surface area contributed by atoms with Gasteiger partial charge in [-0.1, -0.05) is 6.07 Å². The Morgan fingerprint density at radius 1 is 1.20 bits per heavy atom. The van der Waals surface area contributed by atoms with Gasteiger partial charge in [-0.3, -0.25) is 0 Å². The molecule has 12 heteroatoms. The van der Waals surface area contributed by atoms with Crippen LogP contribution in [-0.2, 0) is 28.7 Å². The Hall–Kier alpha value is -2.15. The van der Waals surface area contributed by atoms with Crippen LogP contribution in [0, 0.1) is 0 Å². The predicted octanol–water partition coefficient (Wildman–Crippen LogP) is 3.18. The van der Waals surface area contributed by atoms with Crippen LogP contribution in [0.15, 0.2) is 29.0 Å². The van der Waals surface area contributed by atoms with Crippen LogP contribution in [0.5, 0.6) is 0 Å². The zero-order valence-corrected chi connectivity index (χ0v) is 22.1. The first-order chi connectivity index (χ1) is 16.9. The number of hydrogen-bond donors (Lipinski definition) is 4. The molecule has 192 valence electrons. The summed E-state index contributed by atoms with van der Waals surface area (Å²) in [6.07, 6.45) is 9.02. The second-order valence-corrected chi connectivity index (χ2v) is 10.5. The predicted molar refractivity (Wildman–Crippen MR) is 140 cm³/mol. The zero-order valence-electron chi connectivity index (χ0n) is 19.7. The number of fused-ring (bicyclic) bond motifs is 1. The molecule has 2 aromatic rings. The van der Waals surface area contributed by atoms with Crippen LogP contribution >= 0.6 is 15.9 Å². The summed E-state index contributed by atoms with van der Waals surface area (Å²) in [6.45, 7) is 2.92. The van der Waals surface area contributed by atoms with Gasteiger partial charge in [0.15, 0.2) is 11.1 Å². The molecule has 3 rings (SSSR count). The van der Waals surface area contributed by atoms with Crippen LogP contribution < -0.4 is 10.6 Å². The lowest BCUT2D eigenvalue weighted by Gasteiger charge is -2.24. The number of carbonyl (C=O) groups is 1. The molecule has 10 nitrogen and oxygen atoms in total. The van der Waals surface area contributed by atoms with Crippen molar-refractivity contribution in [2.45, 2.75) is 51.0 Å². The Kier molecular flexibility index (Phi) is 11.3. The highest BCUT2D eigenvalue weighted by molar-refractivity contribution is 9.10. The molecule has 4 N–H and O–H groups in total. The summed E-state index contributed by atoms with van der Waals surface area (Å²) in [5.41, 5.74) is 2.35. The van der Waals surface area contributed by atoms with Crippen molar-refractivity contribution in [2.75, 3.05) is 42.6 Å². The lowest BCUT2D eigenvalue weighted by molar-refractivity contribution is -0.138. The molecular formula is C23H33BrN6O4S. The van der Waals surface area contributed by atoms with Gasteiger partial charge in [0, 0.05) is 31.2 Å². The first-order valence-electron chi connectivity index (χ1n) is 11.9. The molecule has 1 aliphatic heterocycles. The topological polar surface area (TPSA) is 141 Å². The number of nitrogens with one attached hydrogen (secondary N) is 2. The number of unbranched alkanes of at least 4 members (excludes halogenated alkanes) is 1. The van der Waals surface area contributed by atoms with Gasteiger partial charge in [0.2, 0.25) is 5.95 Å². The number of aromatic nitrogens is 3. The fourth-order valence-corrected chi connectivity index (χ4v) is 4.59. The maximum Gasteiger partial charge on any atom is 0.326 e. The summed E-state index contributed by atoms with van der Waals surface area (Å²) in [7, 11) is 0. The number of carboxylic acid groups (broad SMARTS) is 1. The zero-order chi connectivity index (χ0) is 25.0. The SMILES string of the molecule is O=C(O)C(CCN(CCCCc1ccc2c(n1)NCCC2)CCCS(=O)O)Nc1ncc(Br)cn1. The summed E-state index contributed by atoms with van der Waals surface area (Å²) in [6, 6.07) is 3.44. The van der Waals surface area contributed by atoms with E-state index in [1.54, 1.807) is 12.4 Å². The molecule has 0 aliphatic carbocycles. The quantitative estimate of drug-likeness (QED) is 0.187. The summed E-state index contributed by atoms with van der Waals surface area (Å²) in [5.74, 6) is 0.500. The third-order valence-corrected chi connectivity index (χ3v) is 6.91. The number of hydrogen-bond acceptors (Lipinski definition) is 8. The van der Waals surface area contributed by atoms with Gasteiger partial charge in [-0.15, -0.1) is 0 Å². The Bertz CT molecular complexity index is 981. The van der Waals surface area contributed by atoms with E-state index in [4.69, 9.17) is 9.54 Å². The number of carboxylic acids is 1. The standard InChI is InChI=1S/C23H33BrN6O4S/c24-18-15-26-23(27-16-18)29-20(22(31)32)9-13-30(12-4-14-35(33)34)11-2-1-6-19-8-7-17-5-3-10-25-21(17)28-19/h7-8,15-16,20H,1-6,9-14H2,(H,25,28)(H,31,32)(H,33,34)(H,26,27,29). The van der Waals surface area contributed by atoms with E-state index in [1.165, 1.54) is 5.56 Å². The molecule has 0 radical (unpaired) electrons. The van der Waals surface area contributed by atoms with Crippen molar-refractivity contribution >= 4 is 44.7 Å². The number of halogens is 1. The van der Waals surface area contributed by atoms with Crippen molar-refractivity contribution < 1.29 is 18.7 Å². The molecule has 0 saturated carbocycles. The van der Waals surface area contributed by atoms with Crippen molar-refractivity contribution in [3.63, 3.8) is 0 Å². The van der Waals surface area contributed by atoms with Crippen molar-refractivity contribution in [1.29, 1.82) is 0 Å². The molecule has 0 bridgehead atoms. The highest BCUT2D eigenvalue weighted by Crippen LogP contribution is 2.20. The maximum absolute atomic E-state index is 11.8. The maximum atomic E-state index is 11.8. The number of rotatable bonds is 15. The molecule has 1 aliphatic rings. The van der Waals surface area contributed by atoms with E-state index in [-0.39, 0.29) is 11.7 Å². The van der Waals surface area contributed by atoms with Gasteiger partial charge in [-0.05, 0) is 85.6 Å². The van der Waals surface area contributed by atoms with Crippen LogP contribution in [0.4, 0.5) is 11.8 Å². The monoisotopic (exact) mass is 568 g/mol. The van der Waals surface area contributed by atoms with Crippen LogP contribution in [0.1, 0.15) is 43.4 Å². The van der Waals surface area contributed by atoms with Crippen LogP contribution in [0.3, 0.4) is 0 Å². The van der Waals surface area contributed by atoms with Gasteiger partial charge >= 0.3 is 5.97 Å². The minimum absolute atomic E-state index is 0.204. The first-order valence-corrected chi connectivity index (χ1v) is 14.0. The molecule has 2 unspecified atom stereocenters. The number of nitrogens with zero attached hydrogens (tertiary/aromatic N) is 4. The smallest absolute Gasteiger partial charge is 0.326 e. The van der Waals surface area contributed by atoms with Crippen LogP contribution in [-0.4, -0.2) is 77.7 Å². The third kappa shape index (κ3) is 9.79. The molecule has 35 heavy (non-hydrogen) atoms. The van der Waals surface area contributed by atoms with Crippen molar-refractivity contribution in [1.82, 2.24) is 19.9 Å². The lowest BCUT2D eigenvalue weighted by Crippen LogP contribution is -2.36. The van der Waals surface area contributed by atoms with E-state index >= 15 is 0 Å². The summed E-state index contributed by atoms with van der Waals surface area (Å²) < 4.78 is 20.9. The van der Waals surface area contributed by atoms with E-state index in [9.17, 15) is 14.1 Å². The second-order valence-electron chi connectivity index (χ2n) is 8.57. The molecule has 0 aromatic carbocycles. The lowest BCUT2D eigenvalue weighted by atomic mass is 10.1. The molecule has 0 saturated heterocycles. The summed E-state index contributed by atoms with van der Waals surface area (Å²) in [4.78, 5) is 26.9. The third-order valence-electron chi connectivity index (χ3n) is 5.86. The summed E-state index contributed by atoms with van der Waals surface area (Å²) in [5, 5.41) is 15.9. The minimum Gasteiger partial charge on any atom is -0.480 e. The van der Waals surface area contributed by atoms with Gasteiger partial charge in [-0.25, -0.2) is 24.0 Å². The summed E-state index contributed by atoms with van der Waals surface area (Å²) >= 11 is 1.43. The molecule has 3 heterocycles. The Morgan fingerprint density at radius 2 is 1.97 bits per heavy atom. The average Bonchev–Trinajstić information content (AvgIpc) is 2.84. The molecule has 0 fully saturated rings. The molecular weight excluding hydrogens is 536 g/mol. The Labute approximate surface area is 216 Å². The molecule has 0 spiro atoms. The van der Waals surface area contributed by atoms with E-state index in [0.29, 0.717) is 30.4 Å². The van der Waals surface area contributed by atoms with Crippen molar-refractivity contribution in [3.05, 3.63) is 40.3 Å². The van der Waals surface area contributed by atoms with Gasteiger partial charge in [0.05, 0.1) is 10.2 Å². The van der Waals surface area contributed by atoms with Crippen molar-refractivity contribution in [2.24, 2.45) is 0 Å². The van der Waals surface area contributed by atoms with Crippen molar-refractivity contribution in [3.8, 4) is 0 Å². The van der Waals surface area contributed by atoms with Crippen LogP contribution in [0.25, 0.3) is 0 Å². The highest BCUT2D eigenvalue weighted by Gasteiger charge is 2.20. The van der Waals surface area contributed by atoms with E-state index in [0.717, 1.165) is 56.7 Å². The van der Waals surface area contributed by atoms with Gasteiger partial charge < -0.3 is 25.2 Å². The van der Waals surface area contributed by atoms with E-state index < -0.39 is 23.1 Å². The fraction of sp³-hybridized carbons (Fsp3) is 0.565. The highest BCUT2D eigenvalue weighted by atomic mass is 79.9. The number of aryl methyl sites for hydroxylation is 2. The van der Waals surface area contributed by atoms with Gasteiger partial charge in [0.1, 0.15) is 11.9 Å². The van der Waals surface area contributed by atoms with E-state index in [1.807, 2.05) is 0 Å². The molecule has 2 atom stereocenters. The minimum atomic E-state index is -1.83. The number of pyridine rings is 1. The van der Waals surface area contributed by atoms with Gasteiger partial charge in [0.25, 0.3) is 0 Å². The largest absolute Gasteiger partial charge is 0.480 e. The molecule has 0 amide bonds. The Morgan fingerprint density at radius 3 is 2.71 bits per heavy atom. The number of aliphatic carboxylic acids is 1. The fourth-order valence-electron chi connectivity index (χ4n) is 4.01. The average molecular weight is 570 g/mol. The second kappa shape index (κ2) is 14.4. The Balaban J connectivity index is 1.49. The first kappa shape index (κ1) is 27.4.